The molecule has 0 radical (unpaired) electrons. The summed E-state index contributed by atoms with van der Waals surface area (Å²) in [5.74, 6) is 0. The van der Waals surface area contributed by atoms with Crippen molar-refractivity contribution in [2.45, 2.75) is 26.8 Å². The molecule has 0 aliphatic heterocycles. The van der Waals surface area contributed by atoms with Gasteiger partial charge in [0.25, 0.3) is 0 Å². The van der Waals surface area contributed by atoms with E-state index in [1.165, 1.54) is 0 Å². The SMILES string of the molecule is CCc1ccc2c(CNc3cc(Cl)ccc3C)cc(=O)oc2c1. The van der Waals surface area contributed by atoms with Crippen LogP contribution >= 0.6 is 11.6 Å². The van der Waals surface area contributed by atoms with Crippen molar-refractivity contribution in [1.82, 2.24) is 0 Å². The molecule has 4 heteroatoms. The molecule has 1 aromatic heterocycles. The maximum absolute atomic E-state index is 11.8. The average Bonchev–Trinajstić information content (AvgIpc) is 2.54. The maximum Gasteiger partial charge on any atom is 0.336 e. The highest BCUT2D eigenvalue weighted by Crippen LogP contribution is 2.23. The molecule has 2 aromatic carbocycles. The summed E-state index contributed by atoms with van der Waals surface area (Å²) in [5, 5.41) is 4.99. The molecule has 1 N–H and O–H groups in total. The first-order valence-electron chi connectivity index (χ1n) is 7.62. The summed E-state index contributed by atoms with van der Waals surface area (Å²) in [4.78, 5) is 11.8. The number of hydrogen-bond acceptors (Lipinski definition) is 3. The molecule has 0 aliphatic carbocycles. The third-order valence-corrected chi connectivity index (χ3v) is 4.21. The van der Waals surface area contributed by atoms with E-state index in [2.05, 4.69) is 18.3 Å². The van der Waals surface area contributed by atoms with E-state index >= 15 is 0 Å². The van der Waals surface area contributed by atoms with E-state index in [0.29, 0.717) is 17.2 Å². The van der Waals surface area contributed by atoms with Crippen LogP contribution in [0.2, 0.25) is 5.02 Å². The Kier molecular flexibility index (Phi) is 4.39. The third-order valence-electron chi connectivity index (χ3n) is 3.97. The fraction of sp³-hybridized carbons (Fsp3) is 0.211. The van der Waals surface area contributed by atoms with Crippen LogP contribution in [-0.4, -0.2) is 0 Å². The van der Waals surface area contributed by atoms with Crippen molar-refractivity contribution >= 4 is 28.3 Å². The molecule has 118 valence electrons. The van der Waals surface area contributed by atoms with Crippen LogP contribution in [0.15, 0.2) is 51.7 Å². The van der Waals surface area contributed by atoms with Crippen LogP contribution in [0, 0.1) is 6.92 Å². The van der Waals surface area contributed by atoms with Crippen LogP contribution in [-0.2, 0) is 13.0 Å². The van der Waals surface area contributed by atoms with E-state index in [1.807, 2.05) is 37.3 Å². The van der Waals surface area contributed by atoms with Gasteiger partial charge in [-0.1, -0.05) is 36.7 Å². The van der Waals surface area contributed by atoms with E-state index < -0.39 is 0 Å². The number of hydrogen-bond donors (Lipinski definition) is 1. The van der Waals surface area contributed by atoms with Crippen LogP contribution in [0.1, 0.15) is 23.6 Å². The smallest absolute Gasteiger partial charge is 0.336 e. The van der Waals surface area contributed by atoms with Gasteiger partial charge >= 0.3 is 5.63 Å². The van der Waals surface area contributed by atoms with Crippen molar-refractivity contribution in [1.29, 1.82) is 0 Å². The standard InChI is InChI=1S/C19H18ClNO2/c1-3-13-5-7-16-14(9-19(22)23-18(16)8-13)11-21-17-10-15(20)6-4-12(17)2/h4-10,21H,3,11H2,1-2H3. The monoisotopic (exact) mass is 327 g/mol. The van der Waals surface area contributed by atoms with E-state index in [-0.39, 0.29) is 5.63 Å². The van der Waals surface area contributed by atoms with Gasteiger partial charge in [0.1, 0.15) is 5.58 Å². The maximum atomic E-state index is 11.8. The second-order valence-corrected chi connectivity index (χ2v) is 6.02. The Morgan fingerprint density at radius 2 is 1.96 bits per heavy atom. The van der Waals surface area contributed by atoms with Crippen molar-refractivity contribution < 1.29 is 4.42 Å². The highest BCUT2D eigenvalue weighted by molar-refractivity contribution is 6.30. The molecule has 23 heavy (non-hydrogen) atoms. The fourth-order valence-electron chi connectivity index (χ4n) is 2.62. The van der Waals surface area contributed by atoms with Gasteiger partial charge in [0.05, 0.1) is 0 Å². The van der Waals surface area contributed by atoms with Crippen molar-refractivity contribution in [3.05, 3.63) is 74.6 Å². The molecule has 0 atom stereocenters. The highest BCUT2D eigenvalue weighted by Gasteiger charge is 2.07. The molecule has 0 amide bonds. The summed E-state index contributed by atoms with van der Waals surface area (Å²) in [6.45, 7) is 4.63. The predicted molar refractivity (Wildman–Crippen MR) is 95.4 cm³/mol. The molecular formula is C19H18ClNO2. The quantitative estimate of drug-likeness (QED) is 0.691. The molecule has 0 aliphatic rings. The van der Waals surface area contributed by atoms with Gasteiger partial charge in [-0.2, -0.15) is 0 Å². The first-order valence-corrected chi connectivity index (χ1v) is 8.00. The fourth-order valence-corrected chi connectivity index (χ4v) is 2.79. The zero-order valence-corrected chi connectivity index (χ0v) is 13.9. The van der Waals surface area contributed by atoms with Crippen molar-refractivity contribution in [3.8, 4) is 0 Å². The van der Waals surface area contributed by atoms with Crippen molar-refractivity contribution in [3.63, 3.8) is 0 Å². The molecule has 0 unspecified atom stereocenters. The van der Waals surface area contributed by atoms with Crippen molar-refractivity contribution in [2.24, 2.45) is 0 Å². The zero-order valence-electron chi connectivity index (χ0n) is 13.2. The van der Waals surface area contributed by atoms with E-state index in [4.69, 9.17) is 16.0 Å². The van der Waals surface area contributed by atoms with Crippen LogP contribution in [0.3, 0.4) is 0 Å². The zero-order chi connectivity index (χ0) is 16.4. The summed E-state index contributed by atoms with van der Waals surface area (Å²) < 4.78 is 5.34. The lowest BCUT2D eigenvalue weighted by Crippen LogP contribution is -2.06. The van der Waals surface area contributed by atoms with E-state index in [9.17, 15) is 4.79 Å². The number of halogens is 1. The summed E-state index contributed by atoms with van der Waals surface area (Å²) in [5.41, 5.74) is 4.44. The number of aryl methyl sites for hydroxylation is 2. The molecule has 0 bridgehead atoms. The molecule has 3 rings (SSSR count). The van der Waals surface area contributed by atoms with Crippen LogP contribution in [0.4, 0.5) is 5.69 Å². The number of fused-ring (bicyclic) bond motifs is 1. The summed E-state index contributed by atoms with van der Waals surface area (Å²) in [6.07, 6.45) is 0.907. The molecule has 0 saturated heterocycles. The van der Waals surface area contributed by atoms with Crippen LogP contribution in [0.25, 0.3) is 11.0 Å². The molecule has 0 fully saturated rings. The lowest BCUT2D eigenvalue weighted by Gasteiger charge is -2.11. The van der Waals surface area contributed by atoms with Gasteiger partial charge in [-0.25, -0.2) is 4.79 Å². The Morgan fingerprint density at radius 3 is 2.74 bits per heavy atom. The van der Waals surface area contributed by atoms with Crippen molar-refractivity contribution in [2.75, 3.05) is 5.32 Å². The largest absolute Gasteiger partial charge is 0.423 e. The van der Waals surface area contributed by atoms with Gasteiger partial charge in [-0.3, -0.25) is 0 Å². The second-order valence-electron chi connectivity index (χ2n) is 5.59. The van der Waals surface area contributed by atoms with Gasteiger partial charge in [-0.15, -0.1) is 0 Å². The number of benzene rings is 2. The minimum absolute atomic E-state index is 0.328. The average molecular weight is 328 g/mol. The highest BCUT2D eigenvalue weighted by atomic mass is 35.5. The summed E-state index contributed by atoms with van der Waals surface area (Å²) >= 11 is 6.05. The lowest BCUT2D eigenvalue weighted by atomic mass is 10.1. The summed E-state index contributed by atoms with van der Waals surface area (Å²) in [6, 6.07) is 13.3. The van der Waals surface area contributed by atoms with Gasteiger partial charge in [0.15, 0.2) is 0 Å². The number of rotatable bonds is 4. The first kappa shape index (κ1) is 15.6. The molecular weight excluding hydrogens is 310 g/mol. The molecule has 3 aromatic rings. The predicted octanol–water partition coefficient (Wildman–Crippen LogP) is 4.93. The Labute approximate surface area is 139 Å². The van der Waals surface area contributed by atoms with Gasteiger partial charge in [-0.05, 0) is 48.2 Å². The van der Waals surface area contributed by atoms with Gasteiger partial charge < -0.3 is 9.73 Å². The topological polar surface area (TPSA) is 42.2 Å². The Bertz CT molecular complexity index is 915. The molecule has 0 spiro atoms. The Hall–Kier alpha value is -2.26. The number of nitrogens with one attached hydrogen (secondary N) is 1. The summed E-state index contributed by atoms with van der Waals surface area (Å²) in [7, 11) is 0. The molecule has 3 nitrogen and oxygen atoms in total. The molecule has 1 heterocycles. The van der Waals surface area contributed by atoms with Crippen LogP contribution in [0.5, 0.6) is 0 Å². The van der Waals surface area contributed by atoms with E-state index in [1.54, 1.807) is 6.07 Å². The van der Waals surface area contributed by atoms with Gasteiger partial charge in [0.2, 0.25) is 0 Å². The second kappa shape index (κ2) is 6.47. The number of anilines is 1. The first-order chi connectivity index (χ1) is 11.1. The minimum atomic E-state index is -0.328. The van der Waals surface area contributed by atoms with Crippen LogP contribution < -0.4 is 10.9 Å². The normalized spacial score (nSPS) is 10.9. The Morgan fingerprint density at radius 1 is 1.13 bits per heavy atom. The Balaban J connectivity index is 1.96. The molecule has 0 saturated carbocycles. The van der Waals surface area contributed by atoms with Gasteiger partial charge in [0, 0.05) is 28.7 Å². The lowest BCUT2D eigenvalue weighted by molar-refractivity contribution is 0.559. The van der Waals surface area contributed by atoms with E-state index in [0.717, 1.165) is 34.2 Å². The minimum Gasteiger partial charge on any atom is -0.423 e. The third kappa shape index (κ3) is 3.40.